The van der Waals surface area contributed by atoms with Crippen LogP contribution in [0.15, 0.2) is 12.1 Å². The number of amides is 1. The summed E-state index contributed by atoms with van der Waals surface area (Å²) in [6.45, 7) is 4.20. The number of nitrogens with zero attached hydrogens (tertiary/aromatic N) is 3. The van der Waals surface area contributed by atoms with Crippen molar-refractivity contribution in [3.63, 3.8) is 0 Å². The van der Waals surface area contributed by atoms with Gasteiger partial charge in [-0.15, -0.1) is 5.10 Å². The van der Waals surface area contributed by atoms with E-state index in [1.54, 1.807) is 0 Å². The molecule has 2 saturated heterocycles. The fraction of sp³-hybridized carbons (Fsp3) is 0.722. The molecular weight excluding hydrogens is 304 g/mol. The molecule has 130 valence electrons. The van der Waals surface area contributed by atoms with E-state index in [2.05, 4.69) is 20.4 Å². The highest BCUT2D eigenvalue weighted by Crippen LogP contribution is 2.35. The Bertz CT molecular complexity index is 585. The van der Waals surface area contributed by atoms with Gasteiger partial charge in [0, 0.05) is 31.7 Å². The van der Waals surface area contributed by atoms with Crippen molar-refractivity contribution in [3.8, 4) is 0 Å². The van der Waals surface area contributed by atoms with Gasteiger partial charge in [-0.25, -0.2) is 0 Å². The summed E-state index contributed by atoms with van der Waals surface area (Å²) in [6.07, 6.45) is 5.82. The van der Waals surface area contributed by atoms with E-state index in [1.165, 1.54) is 12.8 Å². The van der Waals surface area contributed by atoms with Crippen LogP contribution in [0, 0.1) is 18.8 Å². The van der Waals surface area contributed by atoms with Crippen molar-refractivity contribution in [1.82, 2.24) is 15.5 Å². The molecule has 3 fully saturated rings. The molecular formula is C18H26N4O2. The Morgan fingerprint density at radius 1 is 1.21 bits per heavy atom. The zero-order chi connectivity index (χ0) is 16.5. The van der Waals surface area contributed by atoms with E-state index >= 15 is 0 Å². The van der Waals surface area contributed by atoms with Crippen LogP contribution in [-0.2, 0) is 9.53 Å². The summed E-state index contributed by atoms with van der Waals surface area (Å²) in [5, 5.41) is 11.7. The number of piperidine rings is 1. The molecule has 0 radical (unpaired) electrons. The van der Waals surface area contributed by atoms with Gasteiger partial charge in [-0.05, 0) is 38.3 Å². The van der Waals surface area contributed by atoms with Gasteiger partial charge in [0.15, 0.2) is 5.82 Å². The molecule has 1 N–H and O–H groups in total. The number of carbonyl (C=O) groups is 1. The van der Waals surface area contributed by atoms with Crippen LogP contribution >= 0.6 is 0 Å². The maximum absolute atomic E-state index is 12.9. The van der Waals surface area contributed by atoms with E-state index in [-0.39, 0.29) is 17.9 Å². The van der Waals surface area contributed by atoms with Gasteiger partial charge in [-0.3, -0.25) is 4.79 Å². The fourth-order valence-corrected chi connectivity index (χ4v) is 4.38. The number of aryl methyl sites for hydroxylation is 1. The fourth-order valence-electron chi connectivity index (χ4n) is 4.38. The van der Waals surface area contributed by atoms with Crippen LogP contribution in [0.1, 0.15) is 37.8 Å². The number of carbonyl (C=O) groups excluding carboxylic acids is 1. The molecule has 24 heavy (non-hydrogen) atoms. The molecule has 4 rings (SSSR count). The predicted molar refractivity (Wildman–Crippen MR) is 90.7 cm³/mol. The summed E-state index contributed by atoms with van der Waals surface area (Å²) in [5.41, 5.74) is 0.904. The lowest BCUT2D eigenvalue weighted by Crippen LogP contribution is -2.54. The quantitative estimate of drug-likeness (QED) is 0.913. The summed E-state index contributed by atoms with van der Waals surface area (Å²) in [6, 6.07) is 4.33. The number of nitrogens with one attached hydrogen (secondary N) is 1. The molecule has 2 aliphatic heterocycles. The average molecular weight is 330 g/mol. The number of hydrogen-bond donors (Lipinski definition) is 1. The van der Waals surface area contributed by atoms with Crippen LogP contribution in [0.5, 0.6) is 0 Å². The van der Waals surface area contributed by atoms with Crippen LogP contribution in [0.25, 0.3) is 0 Å². The number of aromatic nitrogens is 2. The molecule has 1 amide bonds. The first kappa shape index (κ1) is 15.8. The maximum Gasteiger partial charge on any atom is 0.225 e. The molecule has 6 nitrogen and oxygen atoms in total. The van der Waals surface area contributed by atoms with Crippen LogP contribution in [-0.4, -0.2) is 47.9 Å². The summed E-state index contributed by atoms with van der Waals surface area (Å²) >= 11 is 0. The summed E-state index contributed by atoms with van der Waals surface area (Å²) < 4.78 is 5.91. The number of rotatable bonds is 3. The second-order valence-corrected chi connectivity index (χ2v) is 7.40. The highest BCUT2D eigenvalue weighted by atomic mass is 16.5. The molecule has 0 bridgehead atoms. The standard InChI is InChI=1S/C18H26N4O2/c1-12-6-7-17(21-20-12)22-10-15(14-8-9-24-16(14)11-22)18(23)19-13-4-2-3-5-13/h6-7,13-16H,2-5,8-11H2,1H3,(H,19,23)/t14-,15+,16+/m0/s1. The minimum atomic E-state index is -0.0186. The lowest BCUT2D eigenvalue weighted by atomic mass is 9.82. The molecule has 0 unspecified atom stereocenters. The molecule has 3 atom stereocenters. The normalized spacial score (nSPS) is 30.4. The van der Waals surface area contributed by atoms with E-state index in [9.17, 15) is 4.79 Å². The van der Waals surface area contributed by atoms with Crippen LogP contribution < -0.4 is 10.2 Å². The van der Waals surface area contributed by atoms with E-state index in [1.807, 2.05) is 19.1 Å². The lowest BCUT2D eigenvalue weighted by molar-refractivity contribution is -0.128. The van der Waals surface area contributed by atoms with Crippen molar-refractivity contribution in [3.05, 3.63) is 17.8 Å². The summed E-state index contributed by atoms with van der Waals surface area (Å²) in [4.78, 5) is 15.1. The van der Waals surface area contributed by atoms with E-state index < -0.39 is 0 Å². The second kappa shape index (κ2) is 6.67. The number of fused-ring (bicyclic) bond motifs is 1. The van der Waals surface area contributed by atoms with E-state index in [0.717, 1.165) is 43.9 Å². The largest absolute Gasteiger partial charge is 0.376 e. The van der Waals surface area contributed by atoms with Crippen LogP contribution in [0.3, 0.4) is 0 Å². The molecule has 1 aliphatic carbocycles. The molecule has 0 spiro atoms. The van der Waals surface area contributed by atoms with Crippen molar-refractivity contribution in [2.24, 2.45) is 11.8 Å². The van der Waals surface area contributed by atoms with Crippen molar-refractivity contribution in [1.29, 1.82) is 0 Å². The van der Waals surface area contributed by atoms with E-state index in [4.69, 9.17) is 4.74 Å². The van der Waals surface area contributed by atoms with E-state index in [0.29, 0.717) is 18.5 Å². The highest BCUT2D eigenvalue weighted by molar-refractivity contribution is 5.80. The molecule has 1 saturated carbocycles. The molecule has 0 aromatic carbocycles. The third-order valence-electron chi connectivity index (χ3n) is 5.74. The summed E-state index contributed by atoms with van der Waals surface area (Å²) in [7, 11) is 0. The SMILES string of the molecule is Cc1ccc(N2C[C@H]3OCC[C@H]3[C@H](C(=O)NC3CCCC3)C2)nn1. The first-order chi connectivity index (χ1) is 11.7. The van der Waals surface area contributed by atoms with Crippen LogP contribution in [0.2, 0.25) is 0 Å². The van der Waals surface area contributed by atoms with Crippen molar-refractivity contribution >= 4 is 11.7 Å². The van der Waals surface area contributed by atoms with Crippen molar-refractivity contribution < 1.29 is 9.53 Å². The first-order valence-corrected chi connectivity index (χ1v) is 9.18. The number of ether oxygens (including phenoxy) is 1. The molecule has 3 heterocycles. The monoisotopic (exact) mass is 330 g/mol. The van der Waals surface area contributed by atoms with Crippen molar-refractivity contribution in [2.75, 3.05) is 24.6 Å². The molecule has 3 aliphatic rings. The Kier molecular flexibility index (Phi) is 4.39. The maximum atomic E-state index is 12.9. The Labute approximate surface area is 143 Å². The van der Waals surface area contributed by atoms with Gasteiger partial charge in [0.1, 0.15) is 0 Å². The van der Waals surface area contributed by atoms with Gasteiger partial charge in [-0.1, -0.05) is 12.8 Å². The Hall–Kier alpha value is -1.69. The minimum Gasteiger partial charge on any atom is -0.376 e. The average Bonchev–Trinajstić information content (AvgIpc) is 3.25. The van der Waals surface area contributed by atoms with Gasteiger partial charge >= 0.3 is 0 Å². The summed E-state index contributed by atoms with van der Waals surface area (Å²) in [5.74, 6) is 1.36. The minimum absolute atomic E-state index is 0.0186. The zero-order valence-electron chi connectivity index (χ0n) is 14.3. The third kappa shape index (κ3) is 3.11. The van der Waals surface area contributed by atoms with Gasteiger partial charge < -0.3 is 15.0 Å². The van der Waals surface area contributed by atoms with Gasteiger partial charge in [-0.2, -0.15) is 5.10 Å². The first-order valence-electron chi connectivity index (χ1n) is 9.18. The molecule has 1 aromatic rings. The second-order valence-electron chi connectivity index (χ2n) is 7.40. The van der Waals surface area contributed by atoms with Gasteiger partial charge in [0.05, 0.1) is 17.7 Å². The Balaban J connectivity index is 1.50. The Morgan fingerprint density at radius 2 is 2.04 bits per heavy atom. The smallest absolute Gasteiger partial charge is 0.225 e. The Morgan fingerprint density at radius 3 is 2.79 bits per heavy atom. The lowest BCUT2D eigenvalue weighted by Gasteiger charge is -2.40. The zero-order valence-corrected chi connectivity index (χ0v) is 14.3. The molecule has 1 aromatic heterocycles. The van der Waals surface area contributed by atoms with Crippen LogP contribution in [0.4, 0.5) is 5.82 Å². The topological polar surface area (TPSA) is 67.3 Å². The predicted octanol–water partition coefficient (Wildman–Crippen LogP) is 1.69. The highest BCUT2D eigenvalue weighted by Gasteiger charge is 2.44. The number of hydrogen-bond acceptors (Lipinski definition) is 5. The number of anilines is 1. The van der Waals surface area contributed by atoms with Crippen molar-refractivity contribution in [2.45, 2.75) is 51.2 Å². The molecule has 6 heteroatoms. The van der Waals surface area contributed by atoms with Gasteiger partial charge in [0.25, 0.3) is 0 Å². The van der Waals surface area contributed by atoms with Gasteiger partial charge in [0.2, 0.25) is 5.91 Å². The third-order valence-corrected chi connectivity index (χ3v) is 5.74.